The second kappa shape index (κ2) is 7.83. The van der Waals surface area contributed by atoms with Crippen LogP contribution in [0.15, 0.2) is 28.9 Å². The van der Waals surface area contributed by atoms with E-state index in [1.165, 1.54) is 23.1 Å². The Morgan fingerprint density at radius 3 is 2.69 bits per heavy atom. The highest BCUT2D eigenvalue weighted by atomic mass is 16.5. The predicted octanol–water partition coefficient (Wildman–Crippen LogP) is -0.146. The van der Waals surface area contributed by atoms with Crippen LogP contribution in [0.5, 0.6) is 0 Å². The summed E-state index contributed by atoms with van der Waals surface area (Å²) < 4.78 is 11.6. The Labute approximate surface area is 149 Å². The maximum atomic E-state index is 12.2. The molecular formula is C16H19N5O5. The van der Waals surface area contributed by atoms with Gasteiger partial charge in [-0.1, -0.05) is 0 Å². The number of ether oxygens (including phenoxy) is 1. The molecular weight excluding hydrogens is 342 g/mol. The molecule has 0 atom stereocenters. The number of carbonyl (C=O) groups excluding carboxylic acids is 3. The van der Waals surface area contributed by atoms with Gasteiger partial charge in [0.05, 0.1) is 26.0 Å². The van der Waals surface area contributed by atoms with Crippen molar-refractivity contribution in [3.63, 3.8) is 0 Å². The van der Waals surface area contributed by atoms with Crippen LogP contribution >= 0.6 is 0 Å². The van der Waals surface area contributed by atoms with Crippen LogP contribution in [-0.4, -0.2) is 65.2 Å². The molecule has 0 aliphatic carbocycles. The number of hydrogen-bond acceptors (Lipinski definition) is 6. The van der Waals surface area contributed by atoms with Crippen LogP contribution in [0.25, 0.3) is 0 Å². The third-order valence-corrected chi connectivity index (χ3v) is 3.86. The Morgan fingerprint density at radius 2 is 2.00 bits per heavy atom. The van der Waals surface area contributed by atoms with E-state index in [2.05, 4.69) is 15.7 Å². The molecule has 1 aliphatic rings. The summed E-state index contributed by atoms with van der Waals surface area (Å²) >= 11 is 0. The highest BCUT2D eigenvalue weighted by Crippen LogP contribution is 2.11. The number of amides is 3. The Bertz CT molecular complexity index is 792. The van der Waals surface area contributed by atoms with Crippen LogP contribution in [0, 0.1) is 0 Å². The predicted molar refractivity (Wildman–Crippen MR) is 89.6 cm³/mol. The van der Waals surface area contributed by atoms with Gasteiger partial charge in [-0.2, -0.15) is 5.10 Å². The molecule has 2 N–H and O–H groups in total. The molecule has 0 spiro atoms. The van der Waals surface area contributed by atoms with Gasteiger partial charge in [-0.3, -0.25) is 19.1 Å². The van der Waals surface area contributed by atoms with Crippen LogP contribution in [0.4, 0.5) is 5.82 Å². The maximum absolute atomic E-state index is 12.2. The average Bonchev–Trinajstić information content (AvgIpc) is 3.31. The van der Waals surface area contributed by atoms with Crippen LogP contribution in [0.2, 0.25) is 0 Å². The van der Waals surface area contributed by atoms with Crippen LogP contribution < -0.4 is 10.6 Å². The molecule has 0 unspecified atom stereocenters. The normalized spacial score (nSPS) is 14.1. The first kappa shape index (κ1) is 17.7. The lowest BCUT2D eigenvalue weighted by Crippen LogP contribution is -2.45. The van der Waals surface area contributed by atoms with Crippen molar-refractivity contribution in [1.29, 1.82) is 0 Å². The lowest BCUT2D eigenvalue weighted by atomic mass is 10.3. The van der Waals surface area contributed by atoms with Crippen molar-refractivity contribution >= 4 is 23.5 Å². The smallest absolute Gasteiger partial charge is 0.292 e. The number of morpholine rings is 1. The second-order valence-corrected chi connectivity index (χ2v) is 5.65. The number of hydrogen-bond donors (Lipinski definition) is 2. The molecule has 2 aromatic rings. The molecule has 0 saturated carbocycles. The van der Waals surface area contributed by atoms with Gasteiger partial charge < -0.3 is 24.7 Å². The number of carbonyl (C=O) groups is 3. The van der Waals surface area contributed by atoms with Crippen molar-refractivity contribution in [1.82, 2.24) is 20.0 Å². The molecule has 3 amide bonds. The van der Waals surface area contributed by atoms with Gasteiger partial charge in [0.1, 0.15) is 5.82 Å². The molecule has 0 aromatic carbocycles. The Hall–Kier alpha value is -3.14. The molecule has 1 aliphatic heterocycles. The Morgan fingerprint density at radius 1 is 1.23 bits per heavy atom. The van der Waals surface area contributed by atoms with Gasteiger partial charge in [0.15, 0.2) is 11.5 Å². The zero-order chi connectivity index (χ0) is 18.5. The van der Waals surface area contributed by atoms with E-state index in [4.69, 9.17) is 9.15 Å². The monoisotopic (exact) mass is 361 g/mol. The molecule has 3 rings (SSSR count). The number of aryl methyl sites for hydroxylation is 1. The Kier molecular flexibility index (Phi) is 5.32. The summed E-state index contributed by atoms with van der Waals surface area (Å²) in [6.45, 7) is 1.91. The zero-order valence-corrected chi connectivity index (χ0v) is 14.2. The summed E-state index contributed by atoms with van der Waals surface area (Å²) in [5.74, 6) is -0.651. The minimum atomic E-state index is -0.499. The number of furan rings is 1. The fourth-order valence-corrected chi connectivity index (χ4v) is 2.45. The highest BCUT2D eigenvalue weighted by molar-refractivity contribution is 6.02. The molecule has 0 bridgehead atoms. The molecule has 10 heteroatoms. The summed E-state index contributed by atoms with van der Waals surface area (Å²) in [5.41, 5.74) is 0.0945. The third kappa shape index (κ3) is 4.09. The van der Waals surface area contributed by atoms with Crippen LogP contribution in [0.1, 0.15) is 21.0 Å². The molecule has 10 nitrogen and oxygen atoms in total. The number of aromatic nitrogens is 2. The number of rotatable bonds is 5. The number of anilines is 1. The first-order valence-electron chi connectivity index (χ1n) is 8.07. The number of nitrogens with zero attached hydrogens (tertiary/aromatic N) is 3. The van der Waals surface area contributed by atoms with E-state index < -0.39 is 11.8 Å². The van der Waals surface area contributed by atoms with Crippen molar-refractivity contribution in [3.8, 4) is 0 Å². The van der Waals surface area contributed by atoms with E-state index >= 15 is 0 Å². The average molecular weight is 361 g/mol. The maximum Gasteiger partial charge on any atom is 0.292 e. The molecule has 1 fully saturated rings. The first-order valence-corrected chi connectivity index (χ1v) is 8.07. The highest BCUT2D eigenvalue weighted by Gasteiger charge is 2.20. The summed E-state index contributed by atoms with van der Waals surface area (Å²) in [5, 5.41) is 9.19. The fraction of sp³-hybridized carbons (Fsp3) is 0.375. The fourth-order valence-electron chi connectivity index (χ4n) is 2.45. The van der Waals surface area contributed by atoms with E-state index in [0.29, 0.717) is 32.1 Å². The number of nitrogens with one attached hydrogen (secondary N) is 2. The minimum absolute atomic E-state index is 0.0945. The Balaban J connectivity index is 1.56. The quantitative estimate of drug-likeness (QED) is 0.765. The zero-order valence-electron chi connectivity index (χ0n) is 14.2. The van der Waals surface area contributed by atoms with Gasteiger partial charge >= 0.3 is 0 Å². The van der Waals surface area contributed by atoms with Crippen molar-refractivity contribution in [2.75, 3.05) is 38.2 Å². The minimum Gasteiger partial charge on any atom is -0.459 e. The van der Waals surface area contributed by atoms with Crippen molar-refractivity contribution in [3.05, 3.63) is 35.9 Å². The van der Waals surface area contributed by atoms with Gasteiger partial charge in [-0.05, 0) is 12.1 Å². The topological polar surface area (TPSA) is 119 Å². The van der Waals surface area contributed by atoms with Crippen molar-refractivity contribution in [2.45, 2.75) is 0 Å². The lowest BCUT2D eigenvalue weighted by Gasteiger charge is -2.26. The second-order valence-electron chi connectivity index (χ2n) is 5.65. The van der Waals surface area contributed by atoms with E-state index in [1.54, 1.807) is 18.0 Å². The molecule has 2 aromatic heterocycles. The van der Waals surface area contributed by atoms with E-state index in [1.807, 2.05) is 0 Å². The largest absolute Gasteiger partial charge is 0.459 e. The van der Waals surface area contributed by atoms with E-state index in [0.717, 1.165) is 0 Å². The molecule has 0 radical (unpaired) electrons. The van der Waals surface area contributed by atoms with Gasteiger partial charge in [0, 0.05) is 26.2 Å². The van der Waals surface area contributed by atoms with Crippen LogP contribution in [-0.2, 0) is 16.6 Å². The standard InChI is InChI=1S/C16H19N5O5/c1-20-13(18-16(24)12-3-2-6-26-12)9-11(19-20)15(23)17-10-14(22)21-4-7-25-8-5-21/h2-3,6,9H,4-5,7-8,10H2,1H3,(H,17,23)(H,18,24). The lowest BCUT2D eigenvalue weighted by molar-refractivity contribution is -0.134. The van der Waals surface area contributed by atoms with Gasteiger partial charge in [0.2, 0.25) is 5.91 Å². The molecule has 26 heavy (non-hydrogen) atoms. The summed E-state index contributed by atoms with van der Waals surface area (Å²) in [6.07, 6.45) is 1.39. The van der Waals surface area contributed by atoms with Crippen molar-refractivity contribution < 1.29 is 23.5 Å². The summed E-state index contributed by atoms with van der Waals surface area (Å²) in [7, 11) is 1.59. The molecule has 1 saturated heterocycles. The first-order chi connectivity index (χ1) is 12.5. The molecule has 138 valence electrons. The van der Waals surface area contributed by atoms with E-state index in [9.17, 15) is 14.4 Å². The third-order valence-electron chi connectivity index (χ3n) is 3.86. The summed E-state index contributed by atoms with van der Waals surface area (Å²) in [4.78, 5) is 37.9. The van der Waals surface area contributed by atoms with E-state index in [-0.39, 0.29) is 23.9 Å². The van der Waals surface area contributed by atoms with Crippen molar-refractivity contribution in [2.24, 2.45) is 7.05 Å². The summed E-state index contributed by atoms with van der Waals surface area (Å²) in [6, 6.07) is 4.55. The molecule has 3 heterocycles. The van der Waals surface area contributed by atoms with Gasteiger partial charge in [-0.15, -0.1) is 0 Å². The SMILES string of the molecule is Cn1nc(C(=O)NCC(=O)N2CCOCC2)cc1NC(=O)c1ccco1. The van der Waals surface area contributed by atoms with Gasteiger partial charge in [-0.25, -0.2) is 0 Å². The van der Waals surface area contributed by atoms with Gasteiger partial charge in [0.25, 0.3) is 11.8 Å². The van der Waals surface area contributed by atoms with Crippen LogP contribution in [0.3, 0.4) is 0 Å².